The van der Waals surface area contributed by atoms with Gasteiger partial charge in [0.25, 0.3) is 0 Å². The van der Waals surface area contributed by atoms with Crippen LogP contribution in [0.5, 0.6) is 5.75 Å². The van der Waals surface area contributed by atoms with Gasteiger partial charge in [-0.1, -0.05) is 43.3 Å². The Morgan fingerprint density at radius 3 is 2.68 bits per heavy atom. The van der Waals surface area contributed by atoms with Crippen molar-refractivity contribution in [2.45, 2.75) is 44.7 Å². The Kier molecular flexibility index (Phi) is 4.80. The van der Waals surface area contributed by atoms with E-state index in [4.69, 9.17) is 4.74 Å². The zero-order valence-corrected chi connectivity index (χ0v) is 18.1. The Hall–Kier alpha value is -2.82. The normalized spacial score (nSPS) is 31.5. The molecule has 31 heavy (non-hydrogen) atoms. The molecule has 0 spiro atoms. The minimum atomic E-state index is -0.996. The van der Waals surface area contributed by atoms with Gasteiger partial charge in [0.05, 0.1) is 12.6 Å². The molecule has 0 aromatic heterocycles. The van der Waals surface area contributed by atoms with Crippen molar-refractivity contribution in [3.63, 3.8) is 0 Å². The number of hydrogen-bond acceptors (Lipinski definition) is 3. The zero-order valence-electron chi connectivity index (χ0n) is 18.1. The average Bonchev–Trinajstić information content (AvgIpc) is 2.75. The Balaban J connectivity index is 1.70. The quantitative estimate of drug-likeness (QED) is 0.753. The van der Waals surface area contributed by atoms with Crippen LogP contribution in [0, 0.1) is 23.7 Å². The number of piperidine rings is 1. The molecule has 3 aliphatic rings. The van der Waals surface area contributed by atoms with Gasteiger partial charge in [0.15, 0.2) is 0 Å². The van der Waals surface area contributed by atoms with Crippen molar-refractivity contribution in [1.82, 2.24) is 4.90 Å². The number of fused-ring (bicyclic) bond motifs is 1. The summed E-state index contributed by atoms with van der Waals surface area (Å²) in [6.45, 7) is 2.71. The van der Waals surface area contributed by atoms with Gasteiger partial charge in [-0.2, -0.15) is 0 Å². The second-order valence-corrected chi connectivity index (χ2v) is 9.60. The van der Waals surface area contributed by atoms with Crippen LogP contribution in [-0.4, -0.2) is 29.0 Å². The summed E-state index contributed by atoms with van der Waals surface area (Å²) in [5.41, 5.74) is 3.01. The highest BCUT2D eigenvalue weighted by atomic mass is 16.5. The van der Waals surface area contributed by atoms with E-state index in [1.54, 1.807) is 7.11 Å². The van der Waals surface area contributed by atoms with Crippen LogP contribution in [0.1, 0.15) is 42.9 Å². The number of hydrogen-bond donors (Lipinski definition) is 1. The molecule has 2 bridgehead atoms. The number of carbonyl (C=O) groups is 2. The molecule has 2 aromatic rings. The molecule has 1 saturated heterocycles. The van der Waals surface area contributed by atoms with Gasteiger partial charge in [0, 0.05) is 6.54 Å². The number of nitrogens with zero attached hydrogens (tertiary/aromatic N) is 1. The van der Waals surface area contributed by atoms with E-state index in [2.05, 4.69) is 19.1 Å². The highest BCUT2D eigenvalue weighted by Crippen LogP contribution is 2.60. The van der Waals surface area contributed by atoms with E-state index in [1.165, 1.54) is 11.1 Å². The van der Waals surface area contributed by atoms with Gasteiger partial charge < -0.3 is 14.7 Å². The van der Waals surface area contributed by atoms with Crippen molar-refractivity contribution in [3.8, 4) is 5.75 Å². The minimum Gasteiger partial charge on any atom is -0.497 e. The number of likely N-dealkylation sites (tertiary alicyclic amines) is 1. The Labute approximate surface area is 183 Å². The van der Waals surface area contributed by atoms with E-state index >= 15 is 0 Å². The molecule has 1 heterocycles. The van der Waals surface area contributed by atoms with E-state index < -0.39 is 17.4 Å². The minimum absolute atomic E-state index is 0.159. The van der Waals surface area contributed by atoms with Crippen molar-refractivity contribution in [1.29, 1.82) is 0 Å². The van der Waals surface area contributed by atoms with E-state index in [1.807, 2.05) is 41.3 Å². The monoisotopic (exact) mass is 419 g/mol. The molecule has 162 valence electrons. The van der Waals surface area contributed by atoms with Crippen LogP contribution in [0.15, 0.2) is 48.5 Å². The number of aliphatic carboxylic acids is 1. The highest BCUT2D eigenvalue weighted by molar-refractivity contribution is 5.98. The molecule has 1 aliphatic heterocycles. The summed E-state index contributed by atoms with van der Waals surface area (Å²) in [4.78, 5) is 27.7. The molecule has 5 nitrogen and oxygen atoms in total. The molecule has 1 amide bonds. The number of methoxy groups -OCH3 is 1. The topological polar surface area (TPSA) is 66.8 Å². The molecule has 2 aromatic carbocycles. The predicted octanol–water partition coefficient (Wildman–Crippen LogP) is 4.24. The van der Waals surface area contributed by atoms with Crippen LogP contribution < -0.4 is 4.74 Å². The maximum atomic E-state index is 13.7. The van der Waals surface area contributed by atoms with Gasteiger partial charge in [0.1, 0.15) is 11.7 Å². The third-order valence-corrected chi connectivity index (χ3v) is 7.83. The fourth-order valence-corrected chi connectivity index (χ4v) is 6.72. The number of benzene rings is 2. The van der Waals surface area contributed by atoms with Crippen molar-refractivity contribution in [2.75, 3.05) is 7.11 Å². The first-order chi connectivity index (χ1) is 14.9. The molecule has 2 fully saturated rings. The number of ether oxygens (including phenoxy) is 1. The summed E-state index contributed by atoms with van der Waals surface area (Å²) in [6.07, 6.45) is 3.30. The van der Waals surface area contributed by atoms with Crippen LogP contribution in [0.4, 0.5) is 0 Å². The summed E-state index contributed by atoms with van der Waals surface area (Å²) < 4.78 is 5.49. The fraction of sp³-hybridized carbons (Fsp3) is 0.462. The van der Waals surface area contributed by atoms with Gasteiger partial charge in [-0.3, -0.25) is 9.59 Å². The van der Waals surface area contributed by atoms with Crippen LogP contribution in [-0.2, 0) is 28.1 Å². The van der Waals surface area contributed by atoms with E-state index in [9.17, 15) is 14.7 Å². The number of rotatable bonds is 4. The van der Waals surface area contributed by atoms with Gasteiger partial charge in [-0.15, -0.1) is 0 Å². The zero-order chi connectivity index (χ0) is 21.8. The maximum Gasteiger partial charge on any atom is 0.316 e. The summed E-state index contributed by atoms with van der Waals surface area (Å²) in [5, 5.41) is 9.90. The number of carbonyl (C=O) groups excluding carboxylic acids is 1. The van der Waals surface area contributed by atoms with Crippen LogP contribution in [0.3, 0.4) is 0 Å². The molecule has 5 rings (SSSR count). The van der Waals surface area contributed by atoms with E-state index in [0.717, 1.165) is 30.6 Å². The van der Waals surface area contributed by atoms with E-state index in [-0.39, 0.29) is 11.8 Å². The second kappa shape index (κ2) is 7.40. The standard InChI is InChI=1S/C26H29NO4/c1-16-10-18-11-19-12-20(31-2)8-9-22(19)26(14-16)23(18)13-21(25(29)30)24(28)27(26)15-17-6-4-3-5-7-17/h3-9,12,16,18,21,23H,10-11,13-15H2,1-2H3,(H,29,30)/t16-,18+,21?,23-,26+/m1/s1. The lowest BCUT2D eigenvalue weighted by Crippen LogP contribution is -2.66. The molecule has 1 unspecified atom stereocenters. The molecule has 1 saturated carbocycles. The van der Waals surface area contributed by atoms with Crippen molar-refractivity contribution >= 4 is 11.9 Å². The molecule has 2 aliphatic carbocycles. The Bertz CT molecular complexity index is 1020. The fourth-order valence-electron chi connectivity index (χ4n) is 6.72. The highest BCUT2D eigenvalue weighted by Gasteiger charge is 2.61. The SMILES string of the molecule is COc1ccc2c(c1)C[C@@H]1C[C@@H](C)C[C@@]23[C@@H]1CC(C(=O)O)C(=O)N3Cc1ccccc1. The Morgan fingerprint density at radius 1 is 1.19 bits per heavy atom. The Morgan fingerprint density at radius 2 is 1.97 bits per heavy atom. The van der Waals surface area contributed by atoms with Gasteiger partial charge in [-0.05, 0) is 72.3 Å². The lowest BCUT2D eigenvalue weighted by atomic mass is 9.51. The average molecular weight is 420 g/mol. The number of carboxylic acids is 1. The predicted molar refractivity (Wildman–Crippen MR) is 116 cm³/mol. The summed E-state index contributed by atoms with van der Waals surface area (Å²) in [5.74, 6) is -0.362. The molecule has 5 atom stereocenters. The van der Waals surface area contributed by atoms with Gasteiger partial charge in [-0.25, -0.2) is 0 Å². The third kappa shape index (κ3) is 3.05. The second-order valence-electron chi connectivity index (χ2n) is 9.60. The largest absolute Gasteiger partial charge is 0.497 e. The first-order valence-electron chi connectivity index (χ1n) is 11.2. The summed E-state index contributed by atoms with van der Waals surface area (Å²) in [6, 6.07) is 16.2. The smallest absolute Gasteiger partial charge is 0.316 e. The lowest BCUT2D eigenvalue weighted by molar-refractivity contribution is -0.176. The van der Waals surface area contributed by atoms with Crippen molar-refractivity contribution in [3.05, 3.63) is 65.2 Å². The van der Waals surface area contributed by atoms with E-state index in [0.29, 0.717) is 24.8 Å². The van der Waals surface area contributed by atoms with Gasteiger partial charge in [0.2, 0.25) is 5.91 Å². The molecular weight excluding hydrogens is 390 g/mol. The van der Waals surface area contributed by atoms with Crippen molar-refractivity contribution in [2.24, 2.45) is 23.7 Å². The lowest BCUT2D eigenvalue weighted by Gasteiger charge is -2.62. The van der Waals surface area contributed by atoms with Crippen LogP contribution in [0.2, 0.25) is 0 Å². The van der Waals surface area contributed by atoms with Crippen molar-refractivity contribution < 1.29 is 19.4 Å². The first-order valence-corrected chi connectivity index (χ1v) is 11.2. The molecule has 0 radical (unpaired) electrons. The molecule has 5 heteroatoms. The van der Waals surface area contributed by atoms with Crippen LogP contribution >= 0.6 is 0 Å². The summed E-state index contributed by atoms with van der Waals surface area (Å²) in [7, 11) is 1.68. The maximum absolute atomic E-state index is 13.7. The molecule has 1 N–H and O–H groups in total. The number of carboxylic acid groups (broad SMARTS) is 1. The first kappa shape index (κ1) is 20.1. The summed E-state index contributed by atoms with van der Waals surface area (Å²) >= 11 is 0. The van der Waals surface area contributed by atoms with Crippen LogP contribution in [0.25, 0.3) is 0 Å². The van der Waals surface area contributed by atoms with Gasteiger partial charge >= 0.3 is 5.97 Å². The third-order valence-electron chi connectivity index (χ3n) is 7.83. The number of amides is 1. The molecular formula is C26H29NO4.